The van der Waals surface area contributed by atoms with E-state index < -0.39 is 145 Å². The first-order valence-electron chi connectivity index (χ1n) is 21.3. The van der Waals surface area contributed by atoms with Crippen LogP contribution in [0, 0.1) is 50.2 Å². The van der Waals surface area contributed by atoms with Crippen molar-refractivity contribution in [3.05, 3.63) is 11.6 Å². The number of carboxylic acids is 1. The molecular weight excluding hydrogens is 776 g/mol. The van der Waals surface area contributed by atoms with Crippen molar-refractivity contribution < 1.29 is 85.0 Å². The molecule has 5 aliphatic carbocycles. The van der Waals surface area contributed by atoms with E-state index in [4.69, 9.17) is 18.9 Å². The molecule has 59 heavy (non-hydrogen) atoms. The minimum atomic E-state index is -1.86. The molecule has 0 aromatic carbocycles. The highest BCUT2D eigenvalue weighted by atomic mass is 16.7. The number of carboxylic acid groups (broad SMARTS) is 1. The van der Waals surface area contributed by atoms with E-state index in [0.717, 1.165) is 5.57 Å². The maximum Gasteiger partial charge on any atom is 0.312 e. The maximum atomic E-state index is 13.1. The molecule has 2 heterocycles. The molecule has 17 heteroatoms. The Morgan fingerprint density at radius 3 is 1.97 bits per heavy atom. The normalized spacial score (nSPS) is 52.9. The van der Waals surface area contributed by atoms with Crippen LogP contribution in [0.2, 0.25) is 0 Å². The Kier molecular flexibility index (Phi) is 12.1. The van der Waals surface area contributed by atoms with Gasteiger partial charge in [0.25, 0.3) is 0 Å². The van der Waals surface area contributed by atoms with Gasteiger partial charge in [-0.3, -0.25) is 4.79 Å². The van der Waals surface area contributed by atoms with Crippen molar-refractivity contribution in [1.82, 2.24) is 0 Å². The molecule has 7 rings (SSSR count). The molecular formula is C42H68O17. The number of aliphatic hydroxyl groups excluding tert-OH is 11. The molecule has 0 bridgehead atoms. The van der Waals surface area contributed by atoms with Crippen LogP contribution in [0.15, 0.2) is 11.6 Å². The highest BCUT2D eigenvalue weighted by Gasteiger charge is 2.73. The Morgan fingerprint density at radius 1 is 0.746 bits per heavy atom. The van der Waals surface area contributed by atoms with Gasteiger partial charge in [0.15, 0.2) is 12.6 Å². The van der Waals surface area contributed by atoms with Gasteiger partial charge in [-0.15, -0.1) is 0 Å². The molecule has 2 saturated heterocycles. The Bertz CT molecular complexity index is 1590. The molecule has 0 aromatic rings. The smallest absolute Gasteiger partial charge is 0.312 e. The lowest BCUT2D eigenvalue weighted by molar-refractivity contribution is -0.358. The predicted octanol–water partition coefficient (Wildman–Crippen LogP) is -1.23. The molecule has 17 nitrogen and oxygen atoms in total. The van der Waals surface area contributed by atoms with E-state index >= 15 is 0 Å². The Labute approximate surface area is 344 Å². The summed E-state index contributed by atoms with van der Waals surface area (Å²) in [6, 6.07) is 0. The van der Waals surface area contributed by atoms with Gasteiger partial charge in [0.1, 0.15) is 54.2 Å². The Hall–Kier alpha value is -1.39. The average molecular weight is 845 g/mol. The zero-order valence-corrected chi connectivity index (χ0v) is 34.7. The third-order valence-corrected chi connectivity index (χ3v) is 17.4. The first kappa shape index (κ1) is 45.6. The molecule has 7 aliphatic rings. The van der Waals surface area contributed by atoms with Crippen molar-refractivity contribution in [2.45, 2.75) is 166 Å². The second kappa shape index (κ2) is 15.7. The van der Waals surface area contributed by atoms with Gasteiger partial charge in [0.2, 0.25) is 0 Å². The Morgan fingerprint density at radius 2 is 1.36 bits per heavy atom. The number of aliphatic hydroxyl groups is 11. The SMILES string of the molecule is CC1(C)CC[C@]2(C(=O)O)[C@H](O)C[C@]3(C)C(=CC[C@@H]4[C@@]5(C)C[C@H](O)[C@H](O[C@@H]6O[C@H](CO[C@@H]7O[C@H](CO)[C@@H](O)[C@H](O)C7O)[C@@H](O)[C@H](O)[C@H]6O)C(CO)(CO)[C@@H]5CC[C@]43C)[C@@H]2C1. The van der Waals surface area contributed by atoms with Crippen LogP contribution in [0.1, 0.15) is 86.0 Å². The van der Waals surface area contributed by atoms with Gasteiger partial charge in [0, 0.05) is 5.41 Å². The first-order valence-corrected chi connectivity index (χ1v) is 21.3. The number of hydrogen-bond acceptors (Lipinski definition) is 16. The molecule has 0 aromatic heterocycles. The summed E-state index contributed by atoms with van der Waals surface area (Å²) in [6.45, 7) is 8.18. The molecule has 12 N–H and O–H groups in total. The molecule has 0 amide bonds. The average Bonchev–Trinajstić information content (AvgIpc) is 3.17. The van der Waals surface area contributed by atoms with Crippen LogP contribution in [0.4, 0.5) is 0 Å². The van der Waals surface area contributed by atoms with Crippen LogP contribution in [-0.2, 0) is 23.7 Å². The van der Waals surface area contributed by atoms with Crippen LogP contribution in [0.5, 0.6) is 0 Å². The molecule has 20 atom stereocenters. The van der Waals surface area contributed by atoms with Crippen molar-refractivity contribution in [3.63, 3.8) is 0 Å². The van der Waals surface area contributed by atoms with Crippen molar-refractivity contribution in [2.75, 3.05) is 26.4 Å². The lowest BCUT2D eigenvalue weighted by Gasteiger charge is -2.72. The van der Waals surface area contributed by atoms with Crippen molar-refractivity contribution >= 4 is 5.97 Å². The number of hydrogen-bond donors (Lipinski definition) is 12. The van der Waals surface area contributed by atoms with Gasteiger partial charge in [-0.25, -0.2) is 0 Å². The fourth-order valence-corrected chi connectivity index (χ4v) is 13.8. The second-order valence-electron chi connectivity index (χ2n) is 20.7. The summed E-state index contributed by atoms with van der Waals surface area (Å²) in [4.78, 5) is 13.1. The predicted molar refractivity (Wildman–Crippen MR) is 204 cm³/mol. The number of allylic oxidation sites excluding steroid dienone is 2. The fourth-order valence-electron chi connectivity index (χ4n) is 13.8. The van der Waals surface area contributed by atoms with E-state index in [2.05, 4.69) is 40.7 Å². The molecule has 6 fully saturated rings. The zero-order valence-electron chi connectivity index (χ0n) is 34.7. The number of fused-ring (bicyclic) bond motifs is 7. The van der Waals surface area contributed by atoms with E-state index in [1.165, 1.54) is 0 Å². The van der Waals surface area contributed by atoms with Gasteiger partial charge in [-0.05, 0) is 90.8 Å². The highest BCUT2D eigenvalue weighted by molar-refractivity contribution is 5.77. The number of carbonyl (C=O) groups is 1. The van der Waals surface area contributed by atoms with Crippen LogP contribution in [0.3, 0.4) is 0 Å². The standard InChI is InChI=1S/C42H68O17/c1-37(2)10-11-42(36(54)55)20(12-37)19-6-7-24-38(3)13-21(46)33(41(17-44,18-45)25(38)8-9-39(24,4)40(19,5)14-26(42)47)59-35-32(53)30(51)28(49)23(58-35)16-56-34-31(52)29(50)27(48)22(15-43)57-34/h6,20-35,43-53H,7-18H2,1-5H3,(H,54,55)/t20-,21-,22+,23+,24+,25+,26+,27+,28+,29-,30-,31?,32+,33-,34+,35-,38+,39+,40+,42+/m0/s1. The third-order valence-electron chi connectivity index (χ3n) is 17.4. The maximum absolute atomic E-state index is 13.1. The summed E-state index contributed by atoms with van der Waals surface area (Å²) in [7, 11) is 0. The fraction of sp³-hybridized carbons (Fsp3) is 0.929. The van der Waals surface area contributed by atoms with Crippen LogP contribution in [-0.4, -0.2) is 173 Å². The molecule has 1 unspecified atom stereocenters. The number of rotatable bonds is 9. The minimum Gasteiger partial charge on any atom is -0.481 e. The summed E-state index contributed by atoms with van der Waals surface area (Å²) >= 11 is 0. The molecule has 4 saturated carbocycles. The Balaban J connectivity index is 1.15. The molecule has 0 radical (unpaired) electrons. The molecule has 0 spiro atoms. The molecule has 338 valence electrons. The number of ether oxygens (including phenoxy) is 4. The minimum absolute atomic E-state index is 0.116. The van der Waals surface area contributed by atoms with Gasteiger partial charge < -0.3 is 80.2 Å². The van der Waals surface area contributed by atoms with E-state index in [1.807, 2.05) is 0 Å². The second-order valence-corrected chi connectivity index (χ2v) is 20.7. The summed E-state index contributed by atoms with van der Waals surface area (Å²) in [6.07, 6.45) is -14.4. The number of aliphatic carboxylic acids is 1. The topological polar surface area (TPSA) is 297 Å². The van der Waals surface area contributed by atoms with Crippen LogP contribution >= 0.6 is 0 Å². The molecule has 2 aliphatic heterocycles. The summed E-state index contributed by atoms with van der Waals surface area (Å²) < 4.78 is 23.2. The lowest BCUT2D eigenvalue weighted by Crippen LogP contribution is -2.71. The van der Waals surface area contributed by atoms with Gasteiger partial charge in [-0.1, -0.05) is 46.3 Å². The van der Waals surface area contributed by atoms with Crippen LogP contribution < -0.4 is 0 Å². The quantitative estimate of drug-likeness (QED) is 0.0956. The van der Waals surface area contributed by atoms with E-state index in [9.17, 15) is 66.1 Å². The first-order chi connectivity index (χ1) is 27.5. The summed E-state index contributed by atoms with van der Waals surface area (Å²) in [5, 5.41) is 131. The highest BCUT2D eigenvalue weighted by Crippen LogP contribution is 2.76. The van der Waals surface area contributed by atoms with E-state index in [-0.39, 0.29) is 30.1 Å². The zero-order chi connectivity index (χ0) is 43.4. The van der Waals surface area contributed by atoms with E-state index in [0.29, 0.717) is 38.5 Å². The third kappa shape index (κ3) is 6.63. The lowest BCUT2D eigenvalue weighted by atomic mass is 9.33. The monoisotopic (exact) mass is 844 g/mol. The van der Waals surface area contributed by atoms with Gasteiger partial charge in [0.05, 0.1) is 44.7 Å². The summed E-state index contributed by atoms with van der Waals surface area (Å²) in [5.74, 6) is -1.90. The van der Waals surface area contributed by atoms with Gasteiger partial charge in [-0.2, -0.15) is 0 Å². The van der Waals surface area contributed by atoms with Crippen molar-refractivity contribution in [3.8, 4) is 0 Å². The van der Waals surface area contributed by atoms with E-state index in [1.54, 1.807) is 0 Å². The van der Waals surface area contributed by atoms with Crippen molar-refractivity contribution in [1.29, 1.82) is 0 Å². The largest absolute Gasteiger partial charge is 0.481 e. The van der Waals surface area contributed by atoms with Gasteiger partial charge >= 0.3 is 5.97 Å². The van der Waals surface area contributed by atoms with Crippen LogP contribution in [0.25, 0.3) is 0 Å². The summed E-state index contributed by atoms with van der Waals surface area (Å²) in [5.41, 5.74) is -3.59. The van der Waals surface area contributed by atoms with Crippen molar-refractivity contribution in [2.24, 2.45) is 50.2 Å².